The van der Waals surface area contributed by atoms with Crippen molar-refractivity contribution in [3.63, 3.8) is 0 Å². The van der Waals surface area contributed by atoms with Gasteiger partial charge in [0.25, 0.3) is 0 Å². The van der Waals surface area contributed by atoms with Crippen LogP contribution in [0, 0.1) is 12.8 Å². The number of aromatic nitrogens is 1. The number of aliphatic imine (C=N–C) groups is 1. The molecule has 0 aromatic carbocycles. The van der Waals surface area contributed by atoms with Crippen molar-refractivity contribution in [2.45, 2.75) is 66.0 Å². The second-order valence-electron chi connectivity index (χ2n) is 9.73. The quantitative estimate of drug-likeness (QED) is 0.493. The Morgan fingerprint density at radius 2 is 2.03 bits per heavy atom. The van der Waals surface area contributed by atoms with Gasteiger partial charge in [-0.15, -0.1) is 0 Å². The first-order chi connectivity index (χ1) is 15.1. The van der Waals surface area contributed by atoms with Crippen LogP contribution in [0.25, 0.3) is 0 Å². The van der Waals surface area contributed by atoms with E-state index < -0.39 is 5.60 Å². The third-order valence-electron chi connectivity index (χ3n) is 5.23. The molecule has 32 heavy (non-hydrogen) atoms. The maximum Gasteiger partial charge on any atom is 0.410 e. The minimum Gasteiger partial charge on any atom is -0.444 e. The molecule has 8 nitrogen and oxygen atoms in total. The van der Waals surface area contributed by atoms with Crippen LogP contribution in [0.2, 0.25) is 0 Å². The number of hydrogen-bond acceptors (Lipinski definition) is 5. The third kappa shape index (κ3) is 8.93. The van der Waals surface area contributed by atoms with Crippen molar-refractivity contribution in [3.05, 3.63) is 23.9 Å². The molecule has 1 aromatic rings. The Balaban J connectivity index is 1.83. The van der Waals surface area contributed by atoms with Gasteiger partial charge in [-0.2, -0.15) is 0 Å². The second kappa shape index (κ2) is 11.9. The van der Waals surface area contributed by atoms with E-state index in [-0.39, 0.29) is 12.0 Å². The van der Waals surface area contributed by atoms with E-state index in [2.05, 4.69) is 46.5 Å². The van der Waals surface area contributed by atoms with Gasteiger partial charge in [0, 0.05) is 51.5 Å². The summed E-state index contributed by atoms with van der Waals surface area (Å²) in [6, 6.07) is 6.57. The molecule has 2 N–H and O–H groups in total. The van der Waals surface area contributed by atoms with Crippen LogP contribution in [0.3, 0.4) is 0 Å². The number of piperidine rings is 1. The number of ether oxygens (including phenoxy) is 1. The lowest BCUT2D eigenvalue weighted by atomic mass is 10.1. The average molecular weight is 447 g/mol. The first-order valence-corrected chi connectivity index (χ1v) is 11.7. The molecule has 1 aliphatic rings. The molecule has 1 aromatic heterocycles. The zero-order chi connectivity index (χ0) is 23.7. The van der Waals surface area contributed by atoms with Gasteiger partial charge in [0.1, 0.15) is 11.4 Å². The van der Waals surface area contributed by atoms with Gasteiger partial charge >= 0.3 is 6.09 Å². The molecule has 0 saturated carbocycles. The topological polar surface area (TPSA) is 82.1 Å². The fourth-order valence-electron chi connectivity index (χ4n) is 3.66. The number of aryl methyl sites for hydroxylation is 1. The van der Waals surface area contributed by atoms with Crippen LogP contribution in [0.1, 0.15) is 53.2 Å². The van der Waals surface area contributed by atoms with Crippen LogP contribution in [-0.4, -0.2) is 73.4 Å². The fourth-order valence-corrected chi connectivity index (χ4v) is 3.66. The SMILES string of the molecule is CCNC(=NCC(C)CN(C)C(=O)OC(C)(C)C)NC1CCN(c2cccc(C)n2)CC1. The molecule has 1 atom stereocenters. The monoisotopic (exact) mass is 446 g/mol. The molecular weight excluding hydrogens is 404 g/mol. The molecule has 2 heterocycles. The van der Waals surface area contributed by atoms with Gasteiger partial charge in [-0.25, -0.2) is 9.78 Å². The van der Waals surface area contributed by atoms with E-state index in [0.29, 0.717) is 19.1 Å². The maximum atomic E-state index is 12.2. The summed E-state index contributed by atoms with van der Waals surface area (Å²) in [5, 5.41) is 6.94. The van der Waals surface area contributed by atoms with Gasteiger partial charge in [0.15, 0.2) is 5.96 Å². The van der Waals surface area contributed by atoms with Gasteiger partial charge < -0.3 is 25.2 Å². The third-order valence-corrected chi connectivity index (χ3v) is 5.23. The Hall–Kier alpha value is -2.51. The highest BCUT2D eigenvalue weighted by Crippen LogP contribution is 2.18. The number of anilines is 1. The van der Waals surface area contributed by atoms with Crippen molar-refractivity contribution in [3.8, 4) is 0 Å². The normalized spacial score (nSPS) is 16.5. The van der Waals surface area contributed by atoms with E-state index in [0.717, 1.165) is 49.9 Å². The molecule has 1 saturated heterocycles. The summed E-state index contributed by atoms with van der Waals surface area (Å²) in [4.78, 5) is 25.6. The lowest BCUT2D eigenvalue weighted by Gasteiger charge is -2.34. The number of nitrogens with one attached hydrogen (secondary N) is 2. The van der Waals surface area contributed by atoms with Crippen molar-refractivity contribution in [1.82, 2.24) is 20.5 Å². The van der Waals surface area contributed by atoms with Crippen LogP contribution in [0.15, 0.2) is 23.2 Å². The molecule has 0 radical (unpaired) electrons. The Kier molecular flexibility index (Phi) is 9.60. The van der Waals surface area contributed by atoms with E-state index >= 15 is 0 Å². The van der Waals surface area contributed by atoms with E-state index in [1.54, 1.807) is 11.9 Å². The summed E-state index contributed by atoms with van der Waals surface area (Å²) in [6.07, 6.45) is 1.78. The van der Waals surface area contributed by atoms with Crippen LogP contribution in [-0.2, 0) is 4.74 Å². The number of nitrogens with zero attached hydrogens (tertiary/aromatic N) is 4. The molecule has 1 aliphatic heterocycles. The van der Waals surface area contributed by atoms with Gasteiger partial charge in [-0.05, 0) is 65.5 Å². The predicted molar refractivity (Wildman–Crippen MR) is 131 cm³/mol. The summed E-state index contributed by atoms with van der Waals surface area (Å²) in [5.41, 5.74) is 0.565. The Morgan fingerprint density at radius 3 is 2.62 bits per heavy atom. The molecule has 1 fully saturated rings. The average Bonchev–Trinajstić information content (AvgIpc) is 2.71. The molecule has 0 spiro atoms. The van der Waals surface area contributed by atoms with Crippen molar-refractivity contribution < 1.29 is 9.53 Å². The number of guanidine groups is 1. The molecule has 1 amide bonds. The summed E-state index contributed by atoms with van der Waals surface area (Å²) in [7, 11) is 1.77. The van der Waals surface area contributed by atoms with Crippen LogP contribution in [0.4, 0.5) is 10.6 Å². The first-order valence-electron chi connectivity index (χ1n) is 11.7. The molecular formula is C24H42N6O2. The number of hydrogen-bond donors (Lipinski definition) is 2. The lowest BCUT2D eigenvalue weighted by Crippen LogP contribution is -2.49. The summed E-state index contributed by atoms with van der Waals surface area (Å²) in [5.74, 6) is 2.12. The second-order valence-corrected chi connectivity index (χ2v) is 9.73. The number of rotatable bonds is 7. The standard InChI is InChI=1S/C24H42N6O2/c1-8-25-22(26-16-18(2)17-29(7)23(31)32-24(4,5)6)28-20-12-14-30(15-13-20)21-11-9-10-19(3)27-21/h9-11,18,20H,8,12-17H2,1-7H3,(H2,25,26,28). The molecule has 180 valence electrons. The van der Waals surface area contributed by atoms with Crippen LogP contribution >= 0.6 is 0 Å². The van der Waals surface area contributed by atoms with E-state index in [1.807, 2.05) is 33.8 Å². The Bertz CT molecular complexity index is 753. The zero-order valence-electron chi connectivity index (χ0n) is 20.9. The maximum absolute atomic E-state index is 12.2. The molecule has 0 bridgehead atoms. The molecule has 0 aliphatic carbocycles. The largest absolute Gasteiger partial charge is 0.444 e. The molecule has 8 heteroatoms. The summed E-state index contributed by atoms with van der Waals surface area (Å²) < 4.78 is 5.43. The highest BCUT2D eigenvalue weighted by Gasteiger charge is 2.22. The number of carbonyl (C=O) groups excluding carboxylic acids is 1. The van der Waals surface area contributed by atoms with Gasteiger partial charge in [0.05, 0.1) is 0 Å². The molecule has 1 unspecified atom stereocenters. The summed E-state index contributed by atoms with van der Waals surface area (Å²) >= 11 is 0. The minimum atomic E-state index is -0.486. The lowest BCUT2D eigenvalue weighted by molar-refractivity contribution is 0.0279. The zero-order valence-corrected chi connectivity index (χ0v) is 20.9. The van der Waals surface area contributed by atoms with Gasteiger partial charge in [0.2, 0.25) is 0 Å². The number of carbonyl (C=O) groups is 1. The smallest absolute Gasteiger partial charge is 0.410 e. The van der Waals surface area contributed by atoms with Gasteiger partial charge in [-0.3, -0.25) is 4.99 Å². The summed E-state index contributed by atoms with van der Waals surface area (Å²) in [6.45, 7) is 15.8. The Morgan fingerprint density at radius 1 is 1.34 bits per heavy atom. The highest BCUT2D eigenvalue weighted by molar-refractivity contribution is 5.80. The van der Waals surface area contributed by atoms with E-state index in [9.17, 15) is 4.79 Å². The van der Waals surface area contributed by atoms with Crippen molar-refractivity contribution in [1.29, 1.82) is 0 Å². The van der Waals surface area contributed by atoms with Crippen molar-refractivity contribution in [2.24, 2.45) is 10.9 Å². The van der Waals surface area contributed by atoms with Crippen LogP contribution in [0.5, 0.6) is 0 Å². The number of amides is 1. The predicted octanol–water partition coefficient (Wildman–Crippen LogP) is 3.42. The fraction of sp³-hybridized carbons (Fsp3) is 0.708. The van der Waals surface area contributed by atoms with E-state index in [4.69, 9.17) is 9.73 Å². The van der Waals surface area contributed by atoms with Crippen LogP contribution < -0.4 is 15.5 Å². The first kappa shape index (κ1) is 25.7. The molecule has 2 rings (SSSR count). The van der Waals surface area contributed by atoms with Crippen molar-refractivity contribution in [2.75, 3.05) is 44.7 Å². The Labute approximate surface area is 193 Å². The van der Waals surface area contributed by atoms with Gasteiger partial charge in [-0.1, -0.05) is 13.0 Å². The highest BCUT2D eigenvalue weighted by atomic mass is 16.6. The minimum absolute atomic E-state index is 0.220. The number of pyridine rings is 1. The van der Waals surface area contributed by atoms with E-state index in [1.165, 1.54) is 0 Å². The van der Waals surface area contributed by atoms with Crippen molar-refractivity contribution >= 4 is 17.9 Å².